The Morgan fingerprint density at radius 2 is 1.88 bits per heavy atom. The Bertz CT molecular complexity index is 452. The normalized spacial score (nSPS) is 17.3. The molecule has 1 fully saturated rings. The number of ketones is 2. The topological polar surface area (TPSA) is 43.4 Å². The Morgan fingerprint density at radius 3 is 2.41 bits per heavy atom. The number of hydrogen-bond acceptors (Lipinski definition) is 3. The molecule has 90 valence electrons. The van der Waals surface area contributed by atoms with Crippen molar-refractivity contribution in [2.24, 2.45) is 0 Å². The van der Waals surface area contributed by atoms with Crippen LogP contribution in [0.1, 0.15) is 30.7 Å². The summed E-state index contributed by atoms with van der Waals surface area (Å²) in [5, 5.41) is 0. The molecule has 0 atom stereocenters. The number of rotatable bonds is 2. The maximum absolute atomic E-state index is 11.8. The summed E-state index contributed by atoms with van der Waals surface area (Å²) in [6.45, 7) is 0. The number of carbonyl (C=O) groups is 2. The van der Waals surface area contributed by atoms with Crippen LogP contribution in [0.3, 0.4) is 0 Å². The lowest BCUT2D eigenvalue weighted by Crippen LogP contribution is -2.26. The zero-order valence-corrected chi connectivity index (χ0v) is 11.1. The van der Waals surface area contributed by atoms with E-state index in [9.17, 15) is 9.59 Å². The predicted molar refractivity (Wildman–Crippen MR) is 67.3 cm³/mol. The van der Waals surface area contributed by atoms with Crippen LogP contribution in [0, 0.1) is 0 Å². The van der Waals surface area contributed by atoms with Gasteiger partial charge in [0.1, 0.15) is 23.2 Å². The van der Waals surface area contributed by atoms with Gasteiger partial charge in [-0.2, -0.15) is 0 Å². The molecule has 3 nitrogen and oxygen atoms in total. The number of carbonyl (C=O) groups excluding carboxylic acids is 2. The summed E-state index contributed by atoms with van der Waals surface area (Å²) in [5.74, 6) is 0.152. The van der Waals surface area contributed by atoms with Crippen LogP contribution in [-0.2, 0) is 9.59 Å². The van der Waals surface area contributed by atoms with Crippen molar-refractivity contribution in [1.29, 1.82) is 0 Å². The summed E-state index contributed by atoms with van der Waals surface area (Å²) in [5.41, 5.74) is 0.750. The van der Waals surface area contributed by atoms with E-state index in [0.717, 1.165) is 10.0 Å². The maximum Gasteiger partial charge on any atom is 0.147 e. The summed E-state index contributed by atoms with van der Waals surface area (Å²) in [7, 11) is 1.58. The average molecular weight is 297 g/mol. The number of halogens is 1. The van der Waals surface area contributed by atoms with E-state index in [1.807, 2.05) is 0 Å². The molecule has 0 radical (unpaired) electrons. The van der Waals surface area contributed by atoms with E-state index in [2.05, 4.69) is 15.9 Å². The van der Waals surface area contributed by atoms with Gasteiger partial charge in [-0.1, -0.05) is 22.0 Å². The molecule has 1 aromatic carbocycles. The molecule has 1 aliphatic carbocycles. The summed E-state index contributed by atoms with van der Waals surface area (Å²) < 4.78 is 5.85. The minimum absolute atomic E-state index is 0.0205. The molecular weight excluding hydrogens is 284 g/mol. The van der Waals surface area contributed by atoms with Crippen LogP contribution >= 0.6 is 15.9 Å². The van der Waals surface area contributed by atoms with Gasteiger partial charge in [-0.3, -0.25) is 9.59 Å². The molecule has 2 rings (SSSR count). The van der Waals surface area contributed by atoms with Gasteiger partial charge in [0.05, 0.1) is 7.11 Å². The quantitative estimate of drug-likeness (QED) is 0.788. The van der Waals surface area contributed by atoms with E-state index in [1.54, 1.807) is 25.3 Å². The van der Waals surface area contributed by atoms with Crippen LogP contribution < -0.4 is 4.74 Å². The van der Waals surface area contributed by atoms with Gasteiger partial charge in [0.2, 0.25) is 0 Å². The van der Waals surface area contributed by atoms with Gasteiger partial charge in [0.15, 0.2) is 0 Å². The number of ether oxygens (including phenoxy) is 1. The summed E-state index contributed by atoms with van der Waals surface area (Å²) in [6, 6.07) is 5.34. The molecule has 0 bridgehead atoms. The third-order valence-electron chi connectivity index (χ3n) is 3.01. The van der Waals surface area contributed by atoms with E-state index in [4.69, 9.17) is 4.74 Å². The average Bonchev–Trinajstić information content (AvgIpc) is 2.30. The molecule has 0 saturated heterocycles. The van der Waals surface area contributed by atoms with Crippen LogP contribution in [0.25, 0.3) is 0 Å². The van der Waals surface area contributed by atoms with Crippen molar-refractivity contribution < 1.29 is 14.3 Å². The van der Waals surface area contributed by atoms with Crippen molar-refractivity contribution in [1.82, 2.24) is 0 Å². The van der Waals surface area contributed by atoms with Gasteiger partial charge >= 0.3 is 0 Å². The van der Waals surface area contributed by atoms with Gasteiger partial charge < -0.3 is 4.74 Å². The largest absolute Gasteiger partial charge is 0.497 e. The molecule has 0 spiro atoms. The zero-order chi connectivity index (χ0) is 12.4. The van der Waals surface area contributed by atoms with Gasteiger partial charge in [-0.05, 0) is 24.1 Å². The van der Waals surface area contributed by atoms with Crippen molar-refractivity contribution in [2.75, 3.05) is 7.11 Å². The van der Waals surface area contributed by atoms with E-state index in [-0.39, 0.29) is 11.6 Å². The number of hydrogen-bond donors (Lipinski definition) is 0. The molecule has 17 heavy (non-hydrogen) atoms. The highest BCUT2D eigenvalue weighted by Gasteiger charge is 2.32. The van der Waals surface area contributed by atoms with Crippen LogP contribution in [0.2, 0.25) is 0 Å². The molecule has 0 unspecified atom stereocenters. The van der Waals surface area contributed by atoms with Crippen LogP contribution in [0.5, 0.6) is 5.75 Å². The monoisotopic (exact) mass is 296 g/mol. The first-order valence-corrected chi connectivity index (χ1v) is 6.31. The van der Waals surface area contributed by atoms with Gasteiger partial charge in [0, 0.05) is 17.3 Å². The number of methoxy groups -OCH3 is 1. The smallest absolute Gasteiger partial charge is 0.147 e. The van der Waals surface area contributed by atoms with E-state index < -0.39 is 5.92 Å². The van der Waals surface area contributed by atoms with Crippen molar-refractivity contribution in [3.05, 3.63) is 28.2 Å². The van der Waals surface area contributed by atoms with Gasteiger partial charge in [-0.15, -0.1) is 0 Å². The third-order valence-corrected chi connectivity index (χ3v) is 3.70. The maximum atomic E-state index is 11.8. The minimum Gasteiger partial charge on any atom is -0.497 e. The Morgan fingerprint density at radius 1 is 1.24 bits per heavy atom. The summed E-state index contributed by atoms with van der Waals surface area (Å²) >= 11 is 3.39. The van der Waals surface area contributed by atoms with E-state index in [1.165, 1.54) is 0 Å². The second-order valence-electron chi connectivity index (χ2n) is 4.11. The highest BCUT2D eigenvalue weighted by Crippen LogP contribution is 2.34. The third kappa shape index (κ3) is 2.41. The van der Waals surface area contributed by atoms with Crippen LogP contribution in [0.4, 0.5) is 0 Å². The van der Waals surface area contributed by atoms with Crippen LogP contribution in [0.15, 0.2) is 22.7 Å². The Balaban J connectivity index is 2.38. The van der Waals surface area contributed by atoms with Crippen molar-refractivity contribution in [3.8, 4) is 5.75 Å². The van der Waals surface area contributed by atoms with Gasteiger partial charge in [0.25, 0.3) is 0 Å². The molecule has 1 aliphatic rings. The van der Waals surface area contributed by atoms with Crippen LogP contribution in [-0.4, -0.2) is 18.7 Å². The lowest BCUT2D eigenvalue weighted by atomic mass is 9.82. The Hall–Kier alpha value is -1.16. The predicted octanol–water partition coefficient (Wildman–Crippen LogP) is 2.86. The fourth-order valence-corrected chi connectivity index (χ4v) is 2.71. The minimum atomic E-state index is -0.593. The SMILES string of the molecule is COc1ccc(C2C(=O)CCCC2=O)c(Br)c1. The molecular formula is C13H13BrO3. The van der Waals surface area contributed by atoms with Crippen molar-refractivity contribution >= 4 is 27.5 Å². The molecule has 0 N–H and O–H groups in total. The summed E-state index contributed by atoms with van der Waals surface area (Å²) in [6.07, 6.45) is 1.67. The number of benzene rings is 1. The Kier molecular flexibility index (Phi) is 3.62. The first-order valence-electron chi connectivity index (χ1n) is 5.52. The Labute approximate surface area is 108 Å². The first-order chi connectivity index (χ1) is 8.13. The fraction of sp³-hybridized carbons (Fsp3) is 0.385. The lowest BCUT2D eigenvalue weighted by molar-refractivity contribution is -0.131. The van der Waals surface area contributed by atoms with Gasteiger partial charge in [-0.25, -0.2) is 0 Å². The molecule has 0 heterocycles. The lowest BCUT2D eigenvalue weighted by Gasteiger charge is -2.21. The molecule has 1 saturated carbocycles. The second kappa shape index (κ2) is 5.00. The molecule has 0 amide bonds. The first kappa shape index (κ1) is 12.3. The van der Waals surface area contributed by atoms with Crippen molar-refractivity contribution in [2.45, 2.75) is 25.2 Å². The fourth-order valence-electron chi connectivity index (χ4n) is 2.12. The molecule has 0 aromatic heterocycles. The summed E-state index contributed by atoms with van der Waals surface area (Å²) in [4.78, 5) is 23.7. The highest BCUT2D eigenvalue weighted by atomic mass is 79.9. The highest BCUT2D eigenvalue weighted by molar-refractivity contribution is 9.10. The number of Topliss-reactive ketones (excluding diaryl/α,β-unsaturated/α-hetero) is 2. The standard InChI is InChI=1S/C13H13BrO3/c1-17-8-5-6-9(10(14)7-8)13-11(15)3-2-4-12(13)16/h5-7,13H,2-4H2,1H3. The second-order valence-corrected chi connectivity index (χ2v) is 4.96. The molecule has 1 aromatic rings. The van der Waals surface area contributed by atoms with Crippen molar-refractivity contribution in [3.63, 3.8) is 0 Å². The molecule has 0 aliphatic heterocycles. The van der Waals surface area contributed by atoms with E-state index in [0.29, 0.717) is 25.0 Å². The zero-order valence-electron chi connectivity index (χ0n) is 9.53. The van der Waals surface area contributed by atoms with E-state index >= 15 is 0 Å². The molecule has 4 heteroatoms.